The molecule has 0 bridgehead atoms. The van der Waals surface area contributed by atoms with E-state index in [0.717, 1.165) is 31.2 Å². The van der Waals surface area contributed by atoms with Crippen molar-refractivity contribution < 1.29 is 0 Å². The fourth-order valence-electron chi connectivity index (χ4n) is 1.73. The Balaban J connectivity index is 2.12. The second-order valence-electron chi connectivity index (χ2n) is 4.46. The van der Waals surface area contributed by atoms with E-state index in [1.807, 2.05) is 11.7 Å². The molecular weight excluding hydrogens is 176 g/mol. The maximum atomic E-state index is 4.58. The summed E-state index contributed by atoms with van der Waals surface area (Å²) in [6, 6.07) is 0. The van der Waals surface area contributed by atoms with Gasteiger partial charge in [0, 0.05) is 32.5 Å². The Labute approximate surface area is 84.7 Å². The molecule has 1 aromatic heterocycles. The molecule has 2 heterocycles. The quantitative estimate of drug-likeness (QED) is 0.770. The summed E-state index contributed by atoms with van der Waals surface area (Å²) in [4.78, 5) is 4.58. The number of rotatable bonds is 3. The Kier molecular flexibility index (Phi) is 2.54. The molecule has 0 unspecified atom stereocenters. The third-order valence-corrected chi connectivity index (χ3v) is 2.58. The van der Waals surface area contributed by atoms with Gasteiger partial charge in [-0.2, -0.15) is 5.10 Å². The predicted octanol–water partition coefficient (Wildman–Crippen LogP) is 0.700. The second-order valence-corrected chi connectivity index (χ2v) is 4.46. The van der Waals surface area contributed by atoms with Gasteiger partial charge in [0.25, 0.3) is 0 Å². The van der Waals surface area contributed by atoms with E-state index >= 15 is 0 Å². The first-order valence-corrected chi connectivity index (χ1v) is 5.27. The van der Waals surface area contributed by atoms with Crippen LogP contribution in [-0.4, -0.2) is 27.9 Å². The van der Waals surface area contributed by atoms with E-state index in [2.05, 4.69) is 29.2 Å². The summed E-state index contributed by atoms with van der Waals surface area (Å²) in [6.07, 6.45) is 0.980. The van der Waals surface area contributed by atoms with E-state index < -0.39 is 0 Å². The van der Waals surface area contributed by atoms with Crippen LogP contribution in [0.3, 0.4) is 0 Å². The number of hydrogen-bond acceptors (Lipinski definition) is 3. The third kappa shape index (κ3) is 1.80. The van der Waals surface area contributed by atoms with E-state index in [-0.39, 0.29) is 0 Å². The molecule has 0 radical (unpaired) electrons. The molecule has 4 nitrogen and oxygen atoms in total. The molecule has 78 valence electrons. The van der Waals surface area contributed by atoms with E-state index in [4.69, 9.17) is 0 Å². The molecule has 4 heteroatoms. The van der Waals surface area contributed by atoms with E-state index in [1.54, 1.807) is 0 Å². The average Bonchev–Trinajstić information content (AvgIpc) is 2.27. The summed E-state index contributed by atoms with van der Waals surface area (Å²) < 4.78 is 1.93. The lowest BCUT2D eigenvalue weighted by atomic mass is 10.0. The van der Waals surface area contributed by atoms with Crippen LogP contribution in [-0.2, 0) is 13.5 Å². The Bertz CT molecular complexity index is 312. The highest BCUT2D eigenvalue weighted by molar-refractivity contribution is 5.06. The number of aryl methyl sites for hydroxylation is 1. The second kappa shape index (κ2) is 3.69. The number of nitrogens with zero attached hydrogens (tertiary/aromatic N) is 3. The van der Waals surface area contributed by atoms with Crippen molar-refractivity contribution in [1.29, 1.82) is 0 Å². The molecule has 0 saturated carbocycles. The molecule has 1 aliphatic rings. The van der Waals surface area contributed by atoms with E-state index in [9.17, 15) is 0 Å². The molecule has 0 atom stereocenters. The lowest BCUT2D eigenvalue weighted by Crippen LogP contribution is -2.41. The summed E-state index contributed by atoms with van der Waals surface area (Å²) >= 11 is 0. The zero-order chi connectivity index (χ0) is 10.1. The highest BCUT2D eigenvalue weighted by atomic mass is 15.3. The van der Waals surface area contributed by atoms with Crippen LogP contribution in [0.2, 0.25) is 0 Å². The summed E-state index contributed by atoms with van der Waals surface area (Å²) in [5.74, 6) is 3.34. The van der Waals surface area contributed by atoms with Crippen LogP contribution in [0.15, 0.2) is 0 Å². The fraction of sp³-hybridized carbons (Fsp3) is 0.800. The highest BCUT2D eigenvalue weighted by Gasteiger charge is 2.24. The van der Waals surface area contributed by atoms with Crippen molar-refractivity contribution in [2.75, 3.05) is 13.1 Å². The van der Waals surface area contributed by atoms with Crippen LogP contribution in [0.5, 0.6) is 0 Å². The summed E-state index contributed by atoms with van der Waals surface area (Å²) in [7, 11) is 1.99. The smallest absolute Gasteiger partial charge is 0.151 e. The lowest BCUT2D eigenvalue weighted by Gasteiger charge is -2.25. The molecule has 14 heavy (non-hydrogen) atoms. The van der Waals surface area contributed by atoms with Gasteiger partial charge >= 0.3 is 0 Å². The number of nitrogens with one attached hydrogen (secondary N) is 1. The van der Waals surface area contributed by atoms with Gasteiger partial charge in [0.2, 0.25) is 0 Å². The summed E-state index contributed by atoms with van der Waals surface area (Å²) in [6.45, 7) is 6.49. The third-order valence-electron chi connectivity index (χ3n) is 2.58. The Morgan fingerprint density at radius 2 is 2.21 bits per heavy atom. The van der Waals surface area contributed by atoms with E-state index in [0.29, 0.717) is 11.8 Å². The maximum Gasteiger partial charge on any atom is 0.151 e. The summed E-state index contributed by atoms with van der Waals surface area (Å²) in [5, 5.41) is 7.69. The van der Waals surface area contributed by atoms with Crippen molar-refractivity contribution in [3.63, 3.8) is 0 Å². The SMILES string of the molecule is CC(C)Cc1nc(C2CNC2)n(C)n1. The zero-order valence-electron chi connectivity index (χ0n) is 9.12. The summed E-state index contributed by atoms with van der Waals surface area (Å²) in [5.41, 5.74) is 0. The fourth-order valence-corrected chi connectivity index (χ4v) is 1.73. The van der Waals surface area contributed by atoms with Crippen molar-refractivity contribution >= 4 is 0 Å². The van der Waals surface area contributed by atoms with Crippen LogP contribution in [0.1, 0.15) is 31.4 Å². The molecule has 1 N–H and O–H groups in total. The molecule has 0 spiro atoms. The highest BCUT2D eigenvalue weighted by Crippen LogP contribution is 2.17. The topological polar surface area (TPSA) is 42.7 Å². The van der Waals surface area contributed by atoms with Crippen LogP contribution in [0.4, 0.5) is 0 Å². The normalized spacial score (nSPS) is 17.4. The number of aromatic nitrogens is 3. The number of hydrogen-bond donors (Lipinski definition) is 1. The van der Waals surface area contributed by atoms with Crippen molar-refractivity contribution in [3.8, 4) is 0 Å². The molecular formula is C10H18N4. The van der Waals surface area contributed by atoms with Gasteiger partial charge in [-0.05, 0) is 5.92 Å². The lowest BCUT2D eigenvalue weighted by molar-refractivity contribution is 0.416. The van der Waals surface area contributed by atoms with Gasteiger partial charge in [0.15, 0.2) is 5.82 Å². The van der Waals surface area contributed by atoms with Gasteiger partial charge in [-0.15, -0.1) is 0 Å². The molecule has 2 rings (SSSR count). The van der Waals surface area contributed by atoms with Gasteiger partial charge in [0.1, 0.15) is 5.82 Å². The molecule has 0 aliphatic carbocycles. The van der Waals surface area contributed by atoms with Crippen LogP contribution in [0, 0.1) is 5.92 Å². The van der Waals surface area contributed by atoms with Gasteiger partial charge in [-0.1, -0.05) is 13.8 Å². The van der Waals surface area contributed by atoms with Gasteiger partial charge in [0.05, 0.1) is 0 Å². The Hall–Kier alpha value is -0.900. The zero-order valence-corrected chi connectivity index (χ0v) is 9.12. The van der Waals surface area contributed by atoms with Crippen molar-refractivity contribution in [3.05, 3.63) is 11.6 Å². The molecule has 0 aromatic carbocycles. The molecule has 1 aliphatic heterocycles. The molecule has 0 amide bonds. The minimum Gasteiger partial charge on any atom is -0.315 e. The van der Waals surface area contributed by atoms with Gasteiger partial charge in [-0.25, -0.2) is 4.98 Å². The molecule has 1 fully saturated rings. The largest absolute Gasteiger partial charge is 0.315 e. The van der Waals surface area contributed by atoms with Gasteiger partial charge < -0.3 is 5.32 Å². The monoisotopic (exact) mass is 194 g/mol. The first-order valence-electron chi connectivity index (χ1n) is 5.27. The average molecular weight is 194 g/mol. The van der Waals surface area contributed by atoms with E-state index in [1.165, 1.54) is 0 Å². The van der Waals surface area contributed by atoms with Crippen molar-refractivity contribution in [1.82, 2.24) is 20.1 Å². The Morgan fingerprint density at radius 1 is 1.50 bits per heavy atom. The van der Waals surface area contributed by atoms with Crippen molar-refractivity contribution in [2.24, 2.45) is 13.0 Å². The minimum atomic E-state index is 0.577. The van der Waals surface area contributed by atoms with Gasteiger partial charge in [-0.3, -0.25) is 4.68 Å². The van der Waals surface area contributed by atoms with Crippen molar-refractivity contribution in [2.45, 2.75) is 26.2 Å². The van der Waals surface area contributed by atoms with Crippen LogP contribution in [0.25, 0.3) is 0 Å². The first-order chi connectivity index (χ1) is 6.66. The Morgan fingerprint density at radius 3 is 2.71 bits per heavy atom. The molecule has 1 aromatic rings. The molecule has 1 saturated heterocycles. The first kappa shape index (κ1) is 9.65. The predicted molar refractivity (Wildman–Crippen MR) is 55.2 cm³/mol. The standard InChI is InChI=1S/C10H18N4/c1-7(2)4-9-12-10(14(3)13-9)8-5-11-6-8/h7-8,11H,4-6H2,1-3H3. The minimum absolute atomic E-state index is 0.577. The van der Waals surface area contributed by atoms with Crippen LogP contribution >= 0.6 is 0 Å². The van der Waals surface area contributed by atoms with Crippen LogP contribution < -0.4 is 5.32 Å². The maximum absolute atomic E-state index is 4.58.